The molecule has 1 heterocycles. The number of rotatable bonds is 4. The second kappa shape index (κ2) is 6.21. The molecule has 0 radical (unpaired) electrons. The first kappa shape index (κ1) is 14.8. The van der Waals surface area contributed by atoms with Crippen molar-refractivity contribution in [1.29, 1.82) is 0 Å². The van der Waals surface area contributed by atoms with E-state index in [1.165, 1.54) is 11.0 Å². The minimum atomic E-state index is -0.412. The maximum atomic E-state index is 12.1. The molecule has 0 saturated carbocycles. The Morgan fingerprint density at radius 3 is 2.76 bits per heavy atom. The van der Waals surface area contributed by atoms with Gasteiger partial charge in [-0.3, -0.25) is 9.59 Å². The minimum absolute atomic E-state index is 0.0580. The number of hydrogen-bond donors (Lipinski definition) is 2. The summed E-state index contributed by atoms with van der Waals surface area (Å²) in [6.07, 6.45) is 0. The van der Waals surface area contributed by atoms with E-state index in [-0.39, 0.29) is 18.1 Å². The summed E-state index contributed by atoms with van der Waals surface area (Å²) < 4.78 is 0. The number of carbonyl (C=O) groups is 2. The number of fused-ring (bicyclic) bond motifs is 1. The Bertz CT molecular complexity index is 684. The van der Waals surface area contributed by atoms with Gasteiger partial charge in [-0.1, -0.05) is 18.2 Å². The lowest BCUT2D eigenvalue weighted by Crippen LogP contribution is -2.38. The van der Waals surface area contributed by atoms with Crippen molar-refractivity contribution in [3.8, 4) is 0 Å². The maximum Gasteiger partial charge on any atom is 0.270 e. The van der Waals surface area contributed by atoms with E-state index < -0.39 is 5.91 Å². The molecule has 1 aromatic carbocycles. The lowest BCUT2D eigenvalue weighted by molar-refractivity contribution is -0.128. The number of benzene rings is 1. The van der Waals surface area contributed by atoms with Gasteiger partial charge < -0.3 is 16.0 Å². The third-order valence-electron chi connectivity index (χ3n) is 3.28. The Morgan fingerprint density at radius 1 is 1.33 bits per heavy atom. The van der Waals surface area contributed by atoms with Crippen LogP contribution in [0.1, 0.15) is 17.4 Å². The number of aromatic nitrogens is 1. The van der Waals surface area contributed by atoms with Gasteiger partial charge in [0, 0.05) is 24.7 Å². The van der Waals surface area contributed by atoms with Crippen LogP contribution in [0.2, 0.25) is 0 Å². The fourth-order valence-electron chi connectivity index (χ4n) is 1.88. The second-order valence-corrected chi connectivity index (χ2v) is 4.70. The molecule has 6 heteroatoms. The van der Waals surface area contributed by atoms with Gasteiger partial charge in [-0.2, -0.15) is 0 Å². The predicted octanol–water partition coefficient (Wildman–Crippen LogP) is 1.03. The Kier molecular flexibility index (Phi) is 4.37. The number of nitrogens with one attached hydrogen (secondary N) is 1. The standard InChI is InChI=1S/C15H18N4O2/c1-3-19(2)14(20)9-17-15(21)13-8-11(16)10-6-4-5-7-12(10)18-13/h4-8H,3,9H2,1-2H3,(H2,16,18)(H,17,21). The minimum Gasteiger partial charge on any atom is -0.398 e. The molecule has 2 amide bonds. The fraction of sp³-hybridized carbons (Fsp3) is 0.267. The van der Waals surface area contributed by atoms with Gasteiger partial charge in [0.05, 0.1) is 12.1 Å². The Labute approximate surface area is 122 Å². The van der Waals surface area contributed by atoms with E-state index in [1.807, 2.05) is 25.1 Å². The Morgan fingerprint density at radius 2 is 2.05 bits per heavy atom. The number of nitrogens with zero attached hydrogens (tertiary/aromatic N) is 2. The van der Waals surface area contributed by atoms with Crippen molar-refractivity contribution in [3.63, 3.8) is 0 Å². The number of pyridine rings is 1. The van der Waals surface area contributed by atoms with E-state index >= 15 is 0 Å². The molecule has 110 valence electrons. The molecule has 0 aliphatic rings. The molecule has 2 rings (SSSR count). The van der Waals surface area contributed by atoms with Crippen molar-refractivity contribution >= 4 is 28.4 Å². The number of nitrogens with two attached hydrogens (primary N) is 1. The number of carbonyl (C=O) groups excluding carboxylic acids is 2. The van der Waals surface area contributed by atoms with Crippen LogP contribution in [0, 0.1) is 0 Å². The quantitative estimate of drug-likeness (QED) is 0.878. The molecule has 0 unspecified atom stereocenters. The summed E-state index contributed by atoms with van der Waals surface area (Å²) in [5, 5.41) is 3.36. The predicted molar refractivity (Wildman–Crippen MR) is 81.8 cm³/mol. The van der Waals surface area contributed by atoms with Gasteiger partial charge in [-0.05, 0) is 19.1 Å². The van der Waals surface area contributed by atoms with Crippen LogP contribution in [-0.2, 0) is 4.79 Å². The summed E-state index contributed by atoms with van der Waals surface area (Å²) >= 11 is 0. The highest BCUT2D eigenvalue weighted by molar-refractivity contribution is 6.00. The largest absolute Gasteiger partial charge is 0.398 e. The number of anilines is 1. The molecule has 0 aliphatic heterocycles. The van der Waals surface area contributed by atoms with Crippen LogP contribution >= 0.6 is 0 Å². The molecule has 6 nitrogen and oxygen atoms in total. The molecule has 0 fully saturated rings. The fourth-order valence-corrected chi connectivity index (χ4v) is 1.88. The number of para-hydroxylation sites is 1. The zero-order valence-corrected chi connectivity index (χ0v) is 12.1. The topological polar surface area (TPSA) is 88.3 Å². The lowest BCUT2D eigenvalue weighted by atomic mass is 10.1. The SMILES string of the molecule is CCN(C)C(=O)CNC(=O)c1cc(N)c2ccccc2n1. The number of amides is 2. The van der Waals surface area contributed by atoms with Gasteiger partial charge in [0.25, 0.3) is 5.91 Å². The van der Waals surface area contributed by atoms with Gasteiger partial charge in [-0.25, -0.2) is 4.98 Å². The highest BCUT2D eigenvalue weighted by atomic mass is 16.2. The molecule has 3 N–H and O–H groups in total. The van der Waals surface area contributed by atoms with E-state index in [4.69, 9.17) is 5.73 Å². The molecule has 21 heavy (non-hydrogen) atoms. The molecule has 0 atom stereocenters. The monoisotopic (exact) mass is 286 g/mol. The number of hydrogen-bond acceptors (Lipinski definition) is 4. The van der Waals surface area contributed by atoms with E-state index in [0.29, 0.717) is 17.7 Å². The van der Waals surface area contributed by atoms with Gasteiger partial charge in [0.2, 0.25) is 5.91 Å². The van der Waals surface area contributed by atoms with Crippen LogP contribution in [0.15, 0.2) is 30.3 Å². The molecule has 1 aromatic heterocycles. The average molecular weight is 286 g/mol. The van der Waals surface area contributed by atoms with Crippen molar-refractivity contribution < 1.29 is 9.59 Å². The summed E-state index contributed by atoms with van der Waals surface area (Å²) in [6, 6.07) is 8.85. The Hall–Kier alpha value is -2.63. The van der Waals surface area contributed by atoms with Crippen LogP contribution in [0.5, 0.6) is 0 Å². The van der Waals surface area contributed by atoms with Gasteiger partial charge in [0.1, 0.15) is 5.69 Å². The third-order valence-corrected chi connectivity index (χ3v) is 3.28. The molecule has 0 bridgehead atoms. The van der Waals surface area contributed by atoms with Gasteiger partial charge in [0.15, 0.2) is 0 Å². The van der Waals surface area contributed by atoms with Gasteiger partial charge >= 0.3 is 0 Å². The van der Waals surface area contributed by atoms with Crippen molar-refractivity contribution in [3.05, 3.63) is 36.0 Å². The first-order chi connectivity index (χ1) is 10.0. The van der Waals surface area contributed by atoms with E-state index in [2.05, 4.69) is 10.3 Å². The summed E-state index contributed by atoms with van der Waals surface area (Å²) in [6.45, 7) is 2.40. The molecule has 2 aromatic rings. The summed E-state index contributed by atoms with van der Waals surface area (Å²) in [4.78, 5) is 29.5. The lowest BCUT2D eigenvalue weighted by Gasteiger charge is -2.14. The van der Waals surface area contributed by atoms with Crippen LogP contribution in [0.3, 0.4) is 0 Å². The van der Waals surface area contributed by atoms with Crippen LogP contribution in [0.25, 0.3) is 10.9 Å². The molecular formula is C15H18N4O2. The van der Waals surface area contributed by atoms with E-state index in [0.717, 1.165) is 5.39 Å². The van der Waals surface area contributed by atoms with Crippen molar-refractivity contribution in [2.45, 2.75) is 6.92 Å². The van der Waals surface area contributed by atoms with Gasteiger partial charge in [-0.15, -0.1) is 0 Å². The Balaban J connectivity index is 2.15. The summed E-state index contributed by atoms with van der Waals surface area (Å²) in [5.41, 5.74) is 7.27. The molecule has 0 spiro atoms. The van der Waals surface area contributed by atoms with Crippen LogP contribution in [0.4, 0.5) is 5.69 Å². The maximum absolute atomic E-state index is 12.1. The van der Waals surface area contributed by atoms with Crippen molar-refractivity contribution in [2.75, 3.05) is 25.9 Å². The zero-order valence-electron chi connectivity index (χ0n) is 12.1. The van der Waals surface area contributed by atoms with E-state index in [1.54, 1.807) is 13.1 Å². The zero-order chi connectivity index (χ0) is 15.4. The van der Waals surface area contributed by atoms with E-state index in [9.17, 15) is 9.59 Å². The number of nitrogen functional groups attached to an aromatic ring is 1. The third kappa shape index (κ3) is 3.28. The first-order valence-electron chi connectivity index (χ1n) is 6.70. The summed E-state index contributed by atoms with van der Waals surface area (Å²) in [7, 11) is 1.68. The van der Waals surface area contributed by atoms with Crippen molar-refractivity contribution in [1.82, 2.24) is 15.2 Å². The molecule has 0 saturated heterocycles. The summed E-state index contributed by atoms with van der Waals surface area (Å²) in [5.74, 6) is -0.565. The highest BCUT2D eigenvalue weighted by Gasteiger charge is 2.13. The second-order valence-electron chi connectivity index (χ2n) is 4.70. The molecular weight excluding hydrogens is 268 g/mol. The normalized spacial score (nSPS) is 10.4. The highest BCUT2D eigenvalue weighted by Crippen LogP contribution is 2.19. The van der Waals surface area contributed by atoms with Crippen molar-refractivity contribution in [2.24, 2.45) is 0 Å². The first-order valence-corrected chi connectivity index (χ1v) is 6.70. The average Bonchev–Trinajstić information content (AvgIpc) is 2.51. The smallest absolute Gasteiger partial charge is 0.270 e. The van der Waals surface area contributed by atoms with Crippen LogP contribution in [-0.4, -0.2) is 41.8 Å². The molecule has 0 aliphatic carbocycles. The number of likely N-dealkylation sites (N-methyl/N-ethyl adjacent to an activating group) is 1. The van der Waals surface area contributed by atoms with Crippen LogP contribution < -0.4 is 11.1 Å².